The van der Waals surface area contributed by atoms with Gasteiger partial charge >= 0.3 is 0 Å². The lowest BCUT2D eigenvalue weighted by Crippen LogP contribution is -2.18. The first-order chi connectivity index (χ1) is 6.92. The van der Waals surface area contributed by atoms with Gasteiger partial charge in [-0.1, -0.05) is 41.9 Å². The molecule has 2 rings (SSSR count). The lowest BCUT2D eigenvalue weighted by Gasteiger charge is -2.11. The molecule has 1 aliphatic carbocycles. The lowest BCUT2D eigenvalue weighted by molar-refractivity contribution is 0.564. The molecule has 1 nitrogen and oxygen atoms in total. The standard InChI is InChI=1S/C12H14ClN/c13-8-3-9-14-12-7-6-10-4-1-2-5-11(10)12/h1-5,8,12,14H,6-7,9H2/b8-3+/t12-/m0/s1. The molecule has 1 aromatic carbocycles. The summed E-state index contributed by atoms with van der Waals surface area (Å²) in [4.78, 5) is 0. The maximum atomic E-state index is 5.47. The minimum atomic E-state index is 0.513. The van der Waals surface area contributed by atoms with Crippen LogP contribution in [0.1, 0.15) is 23.6 Å². The van der Waals surface area contributed by atoms with Gasteiger partial charge in [0.15, 0.2) is 0 Å². The first kappa shape index (κ1) is 9.75. The maximum Gasteiger partial charge on any atom is 0.0328 e. The fourth-order valence-electron chi connectivity index (χ4n) is 2.02. The average molecular weight is 208 g/mol. The molecular weight excluding hydrogens is 194 g/mol. The number of rotatable bonds is 3. The molecule has 0 amide bonds. The van der Waals surface area contributed by atoms with Crippen molar-refractivity contribution < 1.29 is 0 Å². The maximum absolute atomic E-state index is 5.47. The van der Waals surface area contributed by atoms with Crippen molar-refractivity contribution in [2.75, 3.05) is 6.54 Å². The lowest BCUT2D eigenvalue weighted by atomic mass is 10.1. The molecule has 0 spiro atoms. The normalized spacial score (nSPS) is 20.2. The van der Waals surface area contributed by atoms with Crippen molar-refractivity contribution in [2.45, 2.75) is 18.9 Å². The van der Waals surface area contributed by atoms with Crippen molar-refractivity contribution in [2.24, 2.45) is 0 Å². The van der Waals surface area contributed by atoms with Gasteiger partial charge in [-0.05, 0) is 24.0 Å². The van der Waals surface area contributed by atoms with Crippen LogP contribution in [0.15, 0.2) is 35.9 Å². The summed E-state index contributed by atoms with van der Waals surface area (Å²) in [6.45, 7) is 0.850. The van der Waals surface area contributed by atoms with E-state index in [9.17, 15) is 0 Å². The summed E-state index contributed by atoms with van der Waals surface area (Å²) in [5.41, 5.74) is 4.50. The van der Waals surface area contributed by atoms with Gasteiger partial charge in [0.1, 0.15) is 0 Å². The van der Waals surface area contributed by atoms with Crippen LogP contribution in [0, 0.1) is 0 Å². The van der Waals surface area contributed by atoms with Gasteiger partial charge in [0.25, 0.3) is 0 Å². The van der Waals surface area contributed by atoms with E-state index in [0.717, 1.165) is 6.54 Å². The van der Waals surface area contributed by atoms with Gasteiger partial charge in [0, 0.05) is 18.1 Å². The number of aryl methyl sites for hydroxylation is 1. The summed E-state index contributed by atoms with van der Waals surface area (Å²) in [5, 5.41) is 3.47. The molecule has 1 atom stereocenters. The molecule has 0 unspecified atom stereocenters. The Kier molecular flexibility index (Phi) is 3.22. The van der Waals surface area contributed by atoms with Gasteiger partial charge in [0.05, 0.1) is 0 Å². The highest BCUT2D eigenvalue weighted by Gasteiger charge is 2.20. The van der Waals surface area contributed by atoms with E-state index in [1.165, 1.54) is 24.0 Å². The number of hydrogen-bond acceptors (Lipinski definition) is 1. The van der Waals surface area contributed by atoms with Crippen molar-refractivity contribution in [1.82, 2.24) is 5.32 Å². The zero-order valence-corrected chi connectivity index (χ0v) is 8.80. The Balaban J connectivity index is 2.03. The Hall–Kier alpha value is -0.790. The zero-order valence-electron chi connectivity index (χ0n) is 8.04. The van der Waals surface area contributed by atoms with E-state index in [0.29, 0.717) is 6.04 Å². The molecule has 1 aliphatic rings. The van der Waals surface area contributed by atoms with Crippen LogP contribution in [0.2, 0.25) is 0 Å². The third kappa shape index (κ3) is 1.99. The van der Waals surface area contributed by atoms with Crippen molar-refractivity contribution in [1.29, 1.82) is 0 Å². The summed E-state index contributed by atoms with van der Waals surface area (Å²) < 4.78 is 0. The molecule has 74 valence electrons. The SMILES string of the molecule is Cl/C=C/CN[C@H]1CCc2ccccc21. The molecule has 0 saturated carbocycles. The van der Waals surface area contributed by atoms with Crippen LogP contribution in [0.5, 0.6) is 0 Å². The number of halogens is 1. The second kappa shape index (κ2) is 4.63. The monoisotopic (exact) mass is 207 g/mol. The molecule has 0 bridgehead atoms. The van der Waals surface area contributed by atoms with E-state index in [4.69, 9.17) is 11.6 Å². The van der Waals surface area contributed by atoms with Crippen LogP contribution in [0.3, 0.4) is 0 Å². The molecule has 0 aromatic heterocycles. The molecule has 1 aromatic rings. The van der Waals surface area contributed by atoms with Crippen LogP contribution in [-0.4, -0.2) is 6.54 Å². The highest BCUT2D eigenvalue weighted by molar-refractivity contribution is 6.25. The highest BCUT2D eigenvalue weighted by atomic mass is 35.5. The molecule has 14 heavy (non-hydrogen) atoms. The van der Waals surface area contributed by atoms with Gasteiger partial charge in [-0.25, -0.2) is 0 Å². The molecule has 1 N–H and O–H groups in total. The fraction of sp³-hybridized carbons (Fsp3) is 0.333. The number of nitrogens with one attached hydrogen (secondary N) is 1. The predicted molar refractivity (Wildman–Crippen MR) is 60.5 cm³/mol. The number of benzene rings is 1. The second-order valence-electron chi connectivity index (χ2n) is 3.56. The second-order valence-corrected chi connectivity index (χ2v) is 3.81. The van der Waals surface area contributed by atoms with Crippen LogP contribution in [-0.2, 0) is 6.42 Å². The van der Waals surface area contributed by atoms with Gasteiger partial charge in [-0.15, -0.1) is 0 Å². The van der Waals surface area contributed by atoms with Crippen molar-refractivity contribution >= 4 is 11.6 Å². The Morgan fingerprint density at radius 3 is 3.14 bits per heavy atom. The fourth-order valence-corrected chi connectivity index (χ4v) is 2.11. The Morgan fingerprint density at radius 1 is 1.43 bits per heavy atom. The van der Waals surface area contributed by atoms with Gasteiger partial charge < -0.3 is 5.32 Å². The van der Waals surface area contributed by atoms with Crippen molar-refractivity contribution in [3.05, 3.63) is 47.0 Å². The molecule has 0 heterocycles. The van der Waals surface area contributed by atoms with E-state index in [1.807, 2.05) is 6.08 Å². The smallest absolute Gasteiger partial charge is 0.0328 e. The molecule has 2 heteroatoms. The molecular formula is C12H14ClN. The quantitative estimate of drug-likeness (QED) is 0.804. The summed E-state index contributed by atoms with van der Waals surface area (Å²) in [5.74, 6) is 0. The number of fused-ring (bicyclic) bond motifs is 1. The van der Waals surface area contributed by atoms with Crippen molar-refractivity contribution in [3.63, 3.8) is 0 Å². The molecule has 0 saturated heterocycles. The van der Waals surface area contributed by atoms with E-state index >= 15 is 0 Å². The molecule has 0 fully saturated rings. The molecule has 0 radical (unpaired) electrons. The highest BCUT2D eigenvalue weighted by Crippen LogP contribution is 2.30. The van der Waals surface area contributed by atoms with Gasteiger partial charge in [0.2, 0.25) is 0 Å². The van der Waals surface area contributed by atoms with Crippen LogP contribution < -0.4 is 5.32 Å². The first-order valence-corrected chi connectivity index (χ1v) is 5.42. The summed E-state index contributed by atoms with van der Waals surface area (Å²) in [7, 11) is 0. The van der Waals surface area contributed by atoms with Crippen LogP contribution in [0.4, 0.5) is 0 Å². The van der Waals surface area contributed by atoms with E-state index in [1.54, 1.807) is 5.54 Å². The summed E-state index contributed by atoms with van der Waals surface area (Å²) in [6, 6.07) is 9.16. The minimum absolute atomic E-state index is 0.513. The summed E-state index contributed by atoms with van der Waals surface area (Å²) in [6.07, 6.45) is 4.33. The van der Waals surface area contributed by atoms with E-state index < -0.39 is 0 Å². The first-order valence-electron chi connectivity index (χ1n) is 4.98. The summed E-state index contributed by atoms with van der Waals surface area (Å²) >= 11 is 5.47. The third-order valence-corrected chi connectivity index (χ3v) is 2.88. The third-order valence-electron chi connectivity index (χ3n) is 2.70. The largest absolute Gasteiger partial charge is 0.306 e. The Labute approximate surface area is 89.8 Å². The van der Waals surface area contributed by atoms with Crippen molar-refractivity contribution in [3.8, 4) is 0 Å². The Morgan fingerprint density at radius 2 is 2.29 bits per heavy atom. The predicted octanol–water partition coefficient (Wildman–Crippen LogP) is 3.02. The van der Waals surface area contributed by atoms with Crippen LogP contribution >= 0.6 is 11.6 Å². The molecule has 0 aliphatic heterocycles. The number of hydrogen-bond donors (Lipinski definition) is 1. The van der Waals surface area contributed by atoms with Crippen LogP contribution in [0.25, 0.3) is 0 Å². The average Bonchev–Trinajstić information content (AvgIpc) is 2.63. The van der Waals surface area contributed by atoms with E-state index in [2.05, 4.69) is 29.6 Å². The minimum Gasteiger partial charge on any atom is -0.306 e. The van der Waals surface area contributed by atoms with E-state index in [-0.39, 0.29) is 0 Å². The van der Waals surface area contributed by atoms with Gasteiger partial charge in [-0.2, -0.15) is 0 Å². The van der Waals surface area contributed by atoms with Gasteiger partial charge in [-0.3, -0.25) is 0 Å². The Bertz CT molecular complexity index is 333. The zero-order chi connectivity index (χ0) is 9.80. The topological polar surface area (TPSA) is 12.0 Å².